The van der Waals surface area contributed by atoms with Gasteiger partial charge in [-0.25, -0.2) is 8.42 Å². The molecule has 1 aromatic heterocycles. The van der Waals surface area contributed by atoms with Crippen molar-refractivity contribution in [2.24, 2.45) is 0 Å². The maximum Gasteiger partial charge on any atom is 0.256 e. The smallest absolute Gasteiger partial charge is 0.256 e. The lowest BCUT2D eigenvalue weighted by Gasteiger charge is -2.33. The fraction of sp³-hybridized carbons (Fsp3) is 0.375. The van der Waals surface area contributed by atoms with Gasteiger partial charge in [0.15, 0.2) is 20.8 Å². The maximum absolute atomic E-state index is 13.3. The summed E-state index contributed by atoms with van der Waals surface area (Å²) in [7, 11) is -4.25. The number of methoxy groups -OCH3 is 1. The number of ether oxygens (including phenoxy) is 1. The summed E-state index contributed by atoms with van der Waals surface area (Å²) in [5.41, 5.74) is 7.65. The number of nitrogen functional groups attached to an aromatic ring is 1. The summed E-state index contributed by atoms with van der Waals surface area (Å²) in [5, 5.41) is 7.30. The Morgan fingerprint density at radius 1 is 1.11 bits per heavy atom. The normalized spacial score (nSPS) is 15.6. The third-order valence-electron chi connectivity index (χ3n) is 6.35. The summed E-state index contributed by atoms with van der Waals surface area (Å²) < 4.78 is 44.9. The van der Waals surface area contributed by atoms with E-state index in [0.29, 0.717) is 42.5 Å². The van der Waals surface area contributed by atoms with Crippen LogP contribution in [0.25, 0.3) is 0 Å². The van der Waals surface area contributed by atoms with Crippen LogP contribution in [-0.4, -0.2) is 68.0 Å². The van der Waals surface area contributed by atoms with Gasteiger partial charge in [0.1, 0.15) is 5.75 Å². The van der Waals surface area contributed by atoms with E-state index in [1.165, 1.54) is 7.11 Å². The molecule has 0 unspecified atom stereocenters. The average molecular weight is 565 g/mol. The molecular weight excluding hydrogens is 535 g/mol. The minimum atomic E-state index is -3.69. The van der Waals surface area contributed by atoms with Crippen LogP contribution in [-0.2, 0) is 14.4 Å². The SMILES string of the molecule is COc1cc(N2CCP(C)(=O)CC2)ccc1N(c1nnc(Cl)c(N)n1)c1ccccc1S(=O)(=O)C(C)C. The highest BCUT2D eigenvalue weighted by Gasteiger charge is 2.30. The van der Waals surface area contributed by atoms with Crippen molar-refractivity contribution in [3.05, 3.63) is 47.6 Å². The van der Waals surface area contributed by atoms with Gasteiger partial charge in [-0.3, -0.25) is 4.90 Å². The third-order valence-corrected chi connectivity index (χ3v) is 11.1. The third kappa shape index (κ3) is 5.54. The first-order valence-corrected chi connectivity index (χ1v) is 16.2. The second-order valence-corrected chi connectivity index (χ2v) is 15.6. The van der Waals surface area contributed by atoms with E-state index in [1.807, 2.05) is 18.8 Å². The highest BCUT2D eigenvalue weighted by Crippen LogP contribution is 2.46. The number of sulfone groups is 1. The monoisotopic (exact) mass is 564 g/mol. The summed E-state index contributed by atoms with van der Waals surface area (Å²) in [6, 6.07) is 12.2. The minimum absolute atomic E-state index is 0.0317. The highest BCUT2D eigenvalue weighted by molar-refractivity contribution is 7.92. The second-order valence-electron chi connectivity index (χ2n) is 9.27. The van der Waals surface area contributed by atoms with E-state index in [4.69, 9.17) is 22.1 Å². The number of nitrogens with two attached hydrogens (primary N) is 1. The van der Waals surface area contributed by atoms with E-state index >= 15 is 0 Å². The average Bonchev–Trinajstić information content (AvgIpc) is 2.86. The number of rotatable bonds is 7. The molecule has 0 amide bonds. The summed E-state index contributed by atoms with van der Waals surface area (Å²) in [6.45, 7) is 6.45. The number of anilines is 5. The Bertz CT molecular complexity index is 1460. The molecule has 0 radical (unpaired) electrons. The summed E-state index contributed by atoms with van der Waals surface area (Å²) in [4.78, 5) is 8.11. The first-order chi connectivity index (χ1) is 17.4. The maximum atomic E-state index is 13.3. The first-order valence-electron chi connectivity index (χ1n) is 11.7. The number of halogens is 1. The fourth-order valence-corrected chi connectivity index (χ4v) is 6.95. The Labute approximate surface area is 222 Å². The second kappa shape index (κ2) is 10.5. The van der Waals surface area contributed by atoms with Crippen molar-refractivity contribution in [1.29, 1.82) is 0 Å². The molecule has 0 saturated carbocycles. The van der Waals surface area contributed by atoms with Crippen molar-refractivity contribution in [3.63, 3.8) is 0 Å². The van der Waals surface area contributed by atoms with E-state index < -0.39 is 22.2 Å². The fourth-order valence-electron chi connectivity index (χ4n) is 4.09. The van der Waals surface area contributed by atoms with E-state index in [9.17, 15) is 13.0 Å². The lowest BCUT2D eigenvalue weighted by molar-refractivity contribution is 0.416. The lowest BCUT2D eigenvalue weighted by Crippen LogP contribution is -2.34. The summed E-state index contributed by atoms with van der Waals surface area (Å²) >= 11 is 5.98. The number of hydrogen-bond donors (Lipinski definition) is 1. The van der Waals surface area contributed by atoms with Gasteiger partial charge < -0.3 is 19.9 Å². The zero-order valence-electron chi connectivity index (χ0n) is 21.1. The van der Waals surface area contributed by atoms with Gasteiger partial charge in [-0.2, -0.15) is 4.98 Å². The molecule has 0 atom stereocenters. The molecule has 198 valence electrons. The molecule has 0 spiro atoms. The predicted octanol–water partition coefficient (Wildman–Crippen LogP) is 4.58. The van der Waals surface area contributed by atoms with Crippen molar-refractivity contribution < 1.29 is 17.7 Å². The lowest BCUT2D eigenvalue weighted by atomic mass is 10.2. The van der Waals surface area contributed by atoms with Gasteiger partial charge in [0, 0.05) is 37.2 Å². The molecule has 13 heteroatoms. The largest absolute Gasteiger partial charge is 0.494 e. The Morgan fingerprint density at radius 2 is 1.78 bits per heavy atom. The standard InChI is InChI=1S/C24H30ClN6O4PS/c1-16(2)37(33,34)21-8-6-5-7-19(21)31(24-27-23(26)22(25)28-29-24)18-10-9-17(15-20(18)35-3)30-11-13-36(4,32)14-12-30/h5-10,15-16H,11-14H2,1-4H3,(H2,26,27,29). The Morgan fingerprint density at radius 3 is 2.41 bits per heavy atom. The highest BCUT2D eigenvalue weighted by atomic mass is 35.5. The molecule has 1 fully saturated rings. The molecule has 1 saturated heterocycles. The van der Waals surface area contributed by atoms with Gasteiger partial charge in [0.25, 0.3) is 5.95 Å². The van der Waals surface area contributed by atoms with Crippen LogP contribution in [0.2, 0.25) is 5.15 Å². The number of benzene rings is 2. The van der Waals surface area contributed by atoms with Gasteiger partial charge in [-0.15, -0.1) is 10.2 Å². The topological polar surface area (TPSA) is 132 Å². The van der Waals surface area contributed by atoms with Crippen LogP contribution in [0.3, 0.4) is 0 Å². The number of para-hydroxylation sites is 1. The van der Waals surface area contributed by atoms with E-state index in [-0.39, 0.29) is 21.8 Å². The van der Waals surface area contributed by atoms with Gasteiger partial charge in [-0.05, 0) is 44.8 Å². The molecule has 2 heterocycles. The summed E-state index contributed by atoms with van der Waals surface area (Å²) in [6.07, 6.45) is 1.29. The van der Waals surface area contributed by atoms with Crippen LogP contribution in [0.4, 0.5) is 28.8 Å². The van der Waals surface area contributed by atoms with Crippen molar-refractivity contribution in [2.75, 3.05) is 54.7 Å². The zero-order valence-corrected chi connectivity index (χ0v) is 23.6. The predicted molar refractivity (Wildman–Crippen MR) is 148 cm³/mol. The molecule has 1 aliphatic rings. The number of hydrogen-bond acceptors (Lipinski definition) is 10. The Hall–Kier alpha value is -2.88. The Kier molecular flexibility index (Phi) is 7.69. The Balaban J connectivity index is 1.90. The molecule has 1 aliphatic heterocycles. The van der Waals surface area contributed by atoms with Crippen LogP contribution in [0, 0.1) is 0 Å². The minimum Gasteiger partial charge on any atom is -0.494 e. The molecule has 3 aromatic rings. The van der Waals surface area contributed by atoms with E-state index in [0.717, 1.165) is 5.69 Å². The van der Waals surface area contributed by atoms with Crippen molar-refractivity contribution in [1.82, 2.24) is 15.2 Å². The molecule has 2 N–H and O–H groups in total. The van der Waals surface area contributed by atoms with Crippen LogP contribution in [0.5, 0.6) is 5.75 Å². The summed E-state index contributed by atoms with van der Waals surface area (Å²) in [5.74, 6) is 0.439. The van der Waals surface area contributed by atoms with Crippen molar-refractivity contribution >= 4 is 57.4 Å². The molecule has 10 nitrogen and oxygen atoms in total. The van der Waals surface area contributed by atoms with E-state index in [2.05, 4.69) is 20.1 Å². The van der Waals surface area contributed by atoms with Crippen molar-refractivity contribution in [3.8, 4) is 5.75 Å². The quantitative estimate of drug-likeness (QED) is 0.407. The van der Waals surface area contributed by atoms with Gasteiger partial charge in [-0.1, -0.05) is 23.7 Å². The van der Waals surface area contributed by atoms with Crippen LogP contribution in [0.15, 0.2) is 47.4 Å². The first kappa shape index (κ1) is 27.2. The van der Waals surface area contributed by atoms with Gasteiger partial charge in [0.2, 0.25) is 0 Å². The van der Waals surface area contributed by atoms with E-state index in [1.54, 1.807) is 49.1 Å². The van der Waals surface area contributed by atoms with Crippen LogP contribution >= 0.6 is 18.7 Å². The molecule has 0 aliphatic carbocycles. The zero-order chi connectivity index (χ0) is 27.0. The molecule has 37 heavy (non-hydrogen) atoms. The molecule has 0 bridgehead atoms. The molecule has 2 aromatic carbocycles. The number of nitrogens with zero attached hydrogens (tertiary/aromatic N) is 5. The van der Waals surface area contributed by atoms with Crippen LogP contribution in [0.1, 0.15) is 13.8 Å². The molecule has 4 rings (SSSR count). The van der Waals surface area contributed by atoms with Crippen LogP contribution < -0.4 is 20.3 Å². The number of aromatic nitrogens is 3. The van der Waals surface area contributed by atoms with Gasteiger partial charge in [0.05, 0.1) is 35.8 Å². The van der Waals surface area contributed by atoms with Crippen molar-refractivity contribution in [2.45, 2.75) is 24.0 Å². The molecular formula is C24H30ClN6O4PS. The van der Waals surface area contributed by atoms with Gasteiger partial charge >= 0.3 is 0 Å².